The van der Waals surface area contributed by atoms with Crippen LogP contribution in [-0.4, -0.2) is 22.9 Å². The maximum Gasteiger partial charge on any atom is 0.341 e. The second kappa shape index (κ2) is 9.74. The van der Waals surface area contributed by atoms with Crippen molar-refractivity contribution in [2.45, 2.75) is 52.9 Å². The van der Waals surface area contributed by atoms with E-state index in [1.807, 2.05) is 49.4 Å². The molecule has 2 aromatic carbocycles. The van der Waals surface area contributed by atoms with Crippen molar-refractivity contribution in [2.24, 2.45) is 0 Å². The minimum atomic E-state index is -3.76. The molecule has 1 N–H and O–H groups in total. The zero-order chi connectivity index (χ0) is 20.9. The number of hydrogen-bond donors (Lipinski definition) is 1. The Hall–Kier alpha value is -1.33. The van der Waals surface area contributed by atoms with Gasteiger partial charge in [-0.15, -0.1) is 0 Å². The molecule has 0 saturated carbocycles. The molecule has 0 unspecified atom stereocenters. The van der Waals surface area contributed by atoms with E-state index >= 15 is 0 Å². The highest BCUT2D eigenvalue weighted by Crippen LogP contribution is 2.53. The van der Waals surface area contributed by atoms with Crippen molar-refractivity contribution in [3.63, 3.8) is 0 Å². The average Bonchev–Trinajstić information content (AvgIpc) is 2.59. The number of rotatable bonds is 8. The maximum absolute atomic E-state index is 13.0. The number of carbonyl (C=O) groups is 1. The second-order valence-electron chi connectivity index (χ2n) is 6.79. The molecule has 0 aromatic heterocycles. The summed E-state index contributed by atoms with van der Waals surface area (Å²) in [5, 5.41) is 4.57. The Labute approximate surface area is 167 Å². The average molecular weight is 410 g/mol. The third-order valence-electron chi connectivity index (χ3n) is 3.63. The molecule has 2 atom stereocenters. The molecular formula is C20H28NO4PS. The lowest BCUT2D eigenvalue weighted by Gasteiger charge is -2.22. The summed E-state index contributed by atoms with van der Waals surface area (Å²) < 4.78 is 32.0. The lowest BCUT2D eigenvalue weighted by atomic mass is 10.00. The molecule has 0 aliphatic heterocycles. The Morgan fingerprint density at radius 3 is 2.30 bits per heavy atom. The lowest BCUT2D eigenvalue weighted by molar-refractivity contribution is 0.145. The van der Waals surface area contributed by atoms with Crippen LogP contribution in [0.15, 0.2) is 42.5 Å². The first-order valence-corrected chi connectivity index (χ1v) is 11.4. The molecule has 27 heavy (non-hydrogen) atoms. The number of fused-ring (bicyclic) bond motifs is 1. The van der Waals surface area contributed by atoms with Crippen LogP contribution in [0.25, 0.3) is 10.8 Å². The minimum Gasteiger partial charge on any atom is -0.340 e. The molecule has 1 amide bonds. The standard InChI is InChI=1S/C20H28NO4PS/c1-14(2)24-26(23,25-15(3)4)13-27-20(22)21-16(5)18-12-8-10-17-9-6-7-11-19(17)18/h6-12,14-16H,13H2,1-5H3,(H,21,22)/t16-/m1/s1/i13D/t13-,16+/m0. The highest BCUT2D eigenvalue weighted by Gasteiger charge is 2.29. The van der Waals surface area contributed by atoms with Crippen molar-refractivity contribution in [1.29, 1.82) is 0 Å². The summed E-state index contributed by atoms with van der Waals surface area (Å²) in [5.41, 5.74) is -0.384. The van der Waals surface area contributed by atoms with E-state index in [9.17, 15) is 9.36 Å². The van der Waals surface area contributed by atoms with E-state index in [1.165, 1.54) is 0 Å². The Morgan fingerprint density at radius 2 is 1.67 bits per heavy atom. The number of thioether (sulfide) groups is 1. The predicted molar refractivity (Wildman–Crippen MR) is 113 cm³/mol. The van der Waals surface area contributed by atoms with Gasteiger partial charge in [-0.3, -0.25) is 9.36 Å². The predicted octanol–water partition coefficient (Wildman–Crippen LogP) is 6.34. The fourth-order valence-electron chi connectivity index (χ4n) is 2.69. The lowest BCUT2D eigenvalue weighted by Crippen LogP contribution is -2.23. The van der Waals surface area contributed by atoms with E-state index in [0.717, 1.165) is 16.3 Å². The van der Waals surface area contributed by atoms with Crippen LogP contribution in [0.4, 0.5) is 4.79 Å². The van der Waals surface area contributed by atoms with Gasteiger partial charge in [-0.25, -0.2) is 0 Å². The van der Waals surface area contributed by atoms with Gasteiger partial charge in [0.05, 0.1) is 19.6 Å². The summed E-state index contributed by atoms with van der Waals surface area (Å²) in [6, 6.07) is 13.6. The third-order valence-corrected chi connectivity index (χ3v) is 6.85. The molecule has 0 saturated heterocycles. The minimum absolute atomic E-state index is 0.269. The van der Waals surface area contributed by atoms with Crippen molar-refractivity contribution in [1.82, 2.24) is 5.32 Å². The van der Waals surface area contributed by atoms with Crippen LogP contribution in [0, 0.1) is 0 Å². The number of amides is 1. The molecule has 5 nitrogen and oxygen atoms in total. The highest BCUT2D eigenvalue weighted by molar-refractivity contribution is 8.17. The fourth-order valence-corrected chi connectivity index (χ4v) is 5.46. The monoisotopic (exact) mass is 410 g/mol. The van der Waals surface area contributed by atoms with Crippen LogP contribution >= 0.6 is 19.4 Å². The topological polar surface area (TPSA) is 64.6 Å². The summed E-state index contributed by atoms with van der Waals surface area (Å²) in [6.07, 6.45) is -0.758. The van der Waals surface area contributed by atoms with E-state index in [1.54, 1.807) is 27.7 Å². The van der Waals surface area contributed by atoms with Crippen molar-refractivity contribution in [2.75, 3.05) is 5.47 Å². The van der Waals surface area contributed by atoms with E-state index in [-0.39, 0.29) is 18.2 Å². The fraction of sp³-hybridized carbons (Fsp3) is 0.450. The highest BCUT2D eigenvalue weighted by atomic mass is 32.2. The van der Waals surface area contributed by atoms with Crippen molar-refractivity contribution in [3.8, 4) is 0 Å². The molecule has 2 aromatic rings. The van der Waals surface area contributed by atoms with Gasteiger partial charge < -0.3 is 14.4 Å². The van der Waals surface area contributed by atoms with Crippen LogP contribution in [0.2, 0.25) is 0 Å². The van der Waals surface area contributed by atoms with Crippen molar-refractivity contribution < 1.29 is 19.8 Å². The number of nitrogens with one attached hydrogen (secondary N) is 1. The summed E-state index contributed by atoms with van der Waals surface area (Å²) >= 11 is 0.622. The van der Waals surface area contributed by atoms with Crippen LogP contribution < -0.4 is 5.32 Å². The van der Waals surface area contributed by atoms with Gasteiger partial charge in [-0.1, -0.05) is 54.2 Å². The summed E-state index contributed by atoms with van der Waals surface area (Å²) in [4.78, 5) is 12.5. The summed E-state index contributed by atoms with van der Waals surface area (Å²) in [6.45, 7) is 8.76. The Morgan fingerprint density at radius 1 is 1.07 bits per heavy atom. The molecule has 148 valence electrons. The van der Waals surface area contributed by atoms with Crippen LogP contribution in [0.3, 0.4) is 0 Å². The first-order chi connectivity index (χ1) is 13.1. The van der Waals surface area contributed by atoms with E-state index in [4.69, 9.17) is 10.4 Å². The van der Waals surface area contributed by atoms with Crippen LogP contribution in [0.5, 0.6) is 0 Å². The Balaban J connectivity index is 2.10. The van der Waals surface area contributed by atoms with E-state index in [2.05, 4.69) is 5.32 Å². The van der Waals surface area contributed by atoms with Gasteiger partial charge in [-0.05, 0) is 51.0 Å². The number of carbonyl (C=O) groups excluding carboxylic acids is 1. The molecular weight excluding hydrogens is 381 g/mol. The molecule has 0 spiro atoms. The molecule has 0 fully saturated rings. The van der Waals surface area contributed by atoms with Gasteiger partial charge >= 0.3 is 7.60 Å². The zero-order valence-electron chi connectivity index (χ0n) is 17.3. The zero-order valence-corrected chi connectivity index (χ0v) is 18.1. The van der Waals surface area contributed by atoms with Gasteiger partial charge in [0.1, 0.15) is 5.47 Å². The molecule has 2 rings (SSSR count). The summed E-state index contributed by atoms with van der Waals surface area (Å²) in [7, 11) is -3.76. The third kappa shape index (κ3) is 6.65. The maximum atomic E-state index is 13.0. The molecule has 0 radical (unpaired) electrons. The van der Waals surface area contributed by atoms with Crippen molar-refractivity contribution in [3.05, 3.63) is 48.0 Å². The van der Waals surface area contributed by atoms with Gasteiger partial charge in [0, 0.05) is 0 Å². The SMILES string of the molecule is [2H][C@H](SC(=O)N[C@H](C)c1cccc2ccccc12)P(=O)(OC(C)C)OC(C)C. The normalized spacial score (nSPS) is 15.0. The second-order valence-corrected chi connectivity index (χ2v) is 9.74. The molecule has 0 aliphatic carbocycles. The Kier molecular flexibility index (Phi) is 7.36. The number of hydrogen-bond acceptors (Lipinski definition) is 5. The smallest absolute Gasteiger partial charge is 0.340 e. The largest absolute Gasteiger partial charge is 0.341 e. The van der Waals surface area contributed by atoms with Gasteiger partial charge in [0.2, 0.25) is 0 Å². The quantitative estimate of drug-likeness (QED) is 0.514. The van der Waals surface area contributed by atoms with Gasteiger partial charge in [-0.2, -0.15) is 0 Å². The molecule has 0 bridgehead atoms. The molecule has 7 heteroatoms. The van der Waals surface area contributed by atoms with Crippen LogP contribution in [-0.2, 0) is 13.6 Å². The Bertz CT molecular complexity index is 842. The molecule has 0 aliphatic rings. The van der Waals surface area contributed by atoms with Crippen molar-refractivity contribution >= 4 is 35.4 Å². The first kappa shape index (κ1) is 20.4. The number of benzene rings is 2. The summed E-state index contributed by atoms with van der Waals surface area (Å²) in [5.74, 6) is 0. The van der Waals surface area contributed by atoms with Crippen LogP contribution in [0.1, 0.15) is 47.6 Å². The van der Waals surface area contributed by atoms with E-state index < -0.39 is 18.3 Å². The van der Waals surface area contributed by atoms with Gasteiger partial charge in [0.25, 0.3) is 5.24 Å². The van der Waals surface area contributed by atoms with E-state index in [0.29, 0.717) is 11.8 Å². The molecule has 0 heterocycles. The first-order valence-electron chi connectivity index (χ1n) is 9.53. The van der Waals surface area contributed by atoms with Gasteiger partial charge in [0.15, 0.2) is 0 Å².